The molecule has 0 aliphatic heterocycles. The van der Waals surface area contributed by atoms with Gasteiger partial charge in [0.15, 0.2) is 0 Å². The van der Waals surface area contributed by atoms with Crippen LogP contribution in [-0.4, -0.2) is 37.0 Å². The first kappa shape index (κ1) is 28.2. The Balaban J connectivity index is 1.30. The van der Waals surface area contributed by atoms with Crippen LogP contribution in [0.1, 0.15) is 31.8 Å². The number of aryl methyl sites for hydroxylation is 1. The van der Waals surface area contributed by atoms with Crippen LogP contribution in [0.3, 0.4) is 0 Å². The van der Waals surface area contributed by atoms with Crippen LogP contribution in [-0.2, 0) is 9.59 Å². The molecule has 4 rings (SSSR count). The van der Waals surface area contributed by atoms with Gasteiger partial charge in [0.2, 0.25) is 0 Å². The predicted molar refractivity (Wildman–Crippen MR) is 154 cm³/mol. The van der Waals surface area contributed by atoms with E-state index in [9.17, 15) is 19.2 Å². The minimum Gasteiger partial charge on any atom is -0.497 e. The van der Waals surface area contributed by atoms with E-state index in [0.717, 1.165) is 5.56 Å². The van der Waals surface area contributed by atoms with Crippen molar-refractivity contribution in [2.24, 2.45) is 5.10 Å². The van der Waals surface area contributed by atoms with Crippen LogP contribution in [0.15, 0.2) is 102 Å². The Labute approximate surface area is 236 Å². The number of hydrogen-bond acceptors (Lipinski definition) is 7. The van der Waals surface area contributed by atoms with Crippen LogP contribution in [0.4, 0.5) is 11.4 Å². The number of benzene rings is 4. The first-order chi connectivity index (χ1) is 19.8. The Bertz CT molecular complexity index is 1600. The lowest BCUT2D eigenvalue weighted by Gasteiger charge is -2.11. The van der Waals surface area contributed by atoms with E-state index in [1.54, 1.807) is 66.7 Å². The number of anilines is 2. The topological polar surface area (TPSA) is 135 Å². The van der Waals surface area contributed by atoms with Crippen LogP contribution in [0, 0.1) is 6.92 Å². The van der Waals surface area contributed by atoms with Crippen molar-refractivity contribution >= 4 is 41.3 Å². The molecule has 10 nitrogen and oxygen atoms in total. The molecule has 4 aromatic carbocycles. The van der Waals surface area contributed by atoms with Crippen LogP contribution >= 0.6 is 0 Å². The Hall–Kier alpha value is -5.77. The lowest BCUT2D eigenvalue weighted by atomic mass is 10.1. The molecule has 206 valence electrons. The summed E-state index contributed by atoms with van der Waals surface area (Å²) in [4.78, 5) is 49.8. The molecule has 41 heavy (non-hydrogen) atoms. The molecule has 0 aliphatic carbocycles. The lowest BCUT2D eigenvalue weighted by Crippen LogP contribution is -2.33. The summed E-state index contributed by atoms with van der Waals surface area (Å²) in [6.45, 7) is 1.90. The van der Waals surface area contributed by atoms with Gasteiger partial charge in [-0.3, -0.25) is 14.4 Å². The third kappa shape index (κ3) is 7.87. The minimum absolute atomic E-state index is 0.168. The van der Waals surface area contributed by atoms with Gasteiger partial charge in [0.25, 0.3) is 5.91 Å². The normalized spacial score (nSPS) is 10.5. The van der Waals surface area contributed by atoms with Crippen molar-refractivity contribution in [3.05, 3.63) is 119 Å². The zero-order valence-electron chi connectivity index (χ0n) is 22.2. The zero-order valence-corrected chi connectivity index (χ0v) is 22.2. The van der Waals surface area contributed by atoms with Crippen molar-refractivity contribution in [2.45, 2.75) is 6.92 Å². The summed E-state index contributed by atoms with van der Waals surface area (Å²) in [5.41, 5.74) is 5.03. The maximum Gasteiger partial charge on any atom is 0.343 e. The highest BCUT2D eigenvalue weighted by Gasteiger charge is 2.18. The van der Waals surface area contributed by atoms with Gasteiger partial charge in [-0.2, -0.15) is 5.10 Å². The maximum absolute atomic E-state index is 12.8. The molecule has 3 N–H and O–H groups in total. The van der Waals surface area contributed by atoms with Crippen LogP contribution in [0.2, 0.25) is 0 Å². The van der Waals surface area contributed by atoms with E-state index in [0.29, 0.717) is 28.3 Å². The second-order valence-electron chi connectivity index (χ2n) is 8.71. The number of nitrogens with zero attached hydrogens (tertiary/aromatic N) is 1. The van der Waals surface area contributed by atoms with Crippen LogP contribution in [0.25, 0.3) is 0 Å². The minimum atomic E-state index is -1.03. The average Bonchev–Trinajstić information content (AvgIpc) is 2.98. The van der Waals surface area contributed by atoms with E-state index in [2.05, 4.69) is 21.2 Å². The van der Waals surface area contributed by atoms with E-state index in [1.807, 2.05) is 25.1 Å². The van der Waals surface area contributed by atoms with E-state index >= 15 is 0 Å². The molecule has 4 aromatic rings. The Kier molecular flexibility index (Phi) is 9.19. The zero-order chi connectivity index (χ0) is 29.2. The monoisotopic (exact) mass is 550 g/mol. The molecule has 0 heterocycles. The van der Waals surface area contributed by atoms with E-state index < -0.39 is 23.7 Å². The van der Waals surface area contributed by atoms with Gasteiger partial charge in [0.05, 0.1) is 30.1 Å². The van der Waals surface area contributed by atoms with Crippen molar-refractivity contribution in [3.63, 3.8) is 0 Å². The highest BCUT2D eigenvalue weighted by Crippen LogP contribution is 2.19. The fourth-order valence-corrected chi connectivity index (χ4v) is 3.62. The Morgan fingerprint density at radius 3 is 2.17 bits per heavy atom. The van der Waals surface area contributed by atoms with Gasteiger partial charge in [0.1, 0.15) is 11.5 Å². The summed E-state index contributed by atoms with van der Waals surface area (Å²) < 4.78 is 10.4. The molecule has 0 spiro atoms. The molecule has 0 unspecified atom stereocenters. The highest BCUT2D eigenvalue weighted by atomic mass is 16.5. The number of carbonyl (C=O) groups is 4. The highest BCUT2D eigenvalue weighted by molar-refractivity contribution is 6.40. The summed E-state index contributed by atoms with van der Waals surface area (Å²) in [6, 6.07) is 26.5. The number of amides is 3. The second kappa shape index (κ2) is 13.3. The molecule has 0 radical (unpaired) electrons. The number of para-hydroxylation sites is 1. The molecule has 0 saturated heterocycles. The summed E-state index contributed by atoms with van der Waals surface area (Å²) in [6.07, 6.45) is 1.32. The van der Waals surface area contributed by atoms with E-state index in [-0.39, 0.29) is 11.3 Å². The number of rotatable bonds is 8. The molecule has 3 amide bonds. The number of hydrazone groups is 1. The number of esters is 1. The summed E-state index contributed by atoms with van der Waals surface area (Å²) >= 11 is 0. The quantitative estimate of drug-likeness (QED) is 0.0968. The van der Waals surface area contributed by atoms with Gasteiger partial charge in [-0.25, -0.2) is 10.2 Å². The van der Waals surface area contributed by atoms with Gasteiger partial charge in [-0.15, -0.1) is 0 Å². The lowest BCUT2D eigenvalue weighted by molar-refractivity contribution is -0.136. The summed E-state index contributed by atoms with van der Waals surface area (Å²) in [5.74, 6) is -2.05. The van der Waals surface area contributed by atoms with Crippen molar-refractivity contribution in [1.82, 2.24) is 5.43 Å². The molecule has 0 saturated carbocycles. The number of hydrogen-bond donors (Lipinski definition) is 3. The van der Waals surface area contributed by atoms with Crippen LogP contribution in [0.5, 0.6) is 11.5 Å². The molecule has 0 bridgehead atoms. The first-order valence-corrected chi connectivity index (χ1v) is 12.4. The summed E-state index contributed by atoms with van der Waals surface area (Å²) in [5, 5.41) is 9.01. The Morgan fingerprint density at radius 2 is 1.46 bits per heavy atom. The van der Waals surface area contributed by atoms with E-state index in [1.165, 1.54) is 25.5 Å². The average molecular weight is 551 g/mol. The first-order valence-electron chi connectivity index (χ1n) is 12.4. The SMILES string of the molecule is COc1ccc(C(=O)Oc2ccc(/C=N\NC(=O)C(=O)Nc3ccccc3C(=O)Nc3cccc(C)c3)cc2)cc1. The molecule has 0 fully saturated rings. The molecular formula is C31H26N4O6. The second-order valence-corrected chi connectivity index (χ2v) is 8.71. The van der Waals surface area contributed by atoms with Crippen molar-refractivity contribution in [3.8, 4) is 11.5 Å². The fourth-order valence-electron chi connectivity index (χ4n) is 3.62. The Morgan fingerprint density at radius 1 is 0.756 bits per heavy atom. The van der Waals surface area contributed by atoms with Gasteiger partial charge in [-0.05, 0) is 90.8 Å². The van der Waals surface area contributed by atoms with Gasteiger partial charge < -0.3 is 20.1 Å². The third-order valence-electron chi connectivity index (χ3n) is 5.70. The predicted octanol–water partition coefficient (Wildman–Crippen LogP) is 4.56. The van der Waals surface area contributed by atoms with Crippen LogP contribution < -0.4 is 25.5 Å². The van der Waals surface area contributed by atoms with Crippen molar-refractivity contribution < 1.29 is 28.7 Å². The number of ether oxygens (including phenoxy) is 2. The molecule has 0 aliphatic rings. The molecule has 0 aromatic heterocycles. The number of nitrogens with one attached hydrogen (secondary N) is 3. The maximum atomic E-state index is 12.8. The van der Waals surface area contributed by atoms with Crippen molar-refractivity contribution in [2.75, 3.05) is 17.7 Å². The number of carbonyl (C=O) groups excluding carboxylic acids is 4. The molecular weight excluding hydrogens is 524 g/mol. The third-order valence-corrected chi connectivity index (χ3v) is 5.70. The van der Waals surface area contributed by atoms with Gasteiger partial charge in [0, 0.05) is 5.69 Å². The number of methoxy groups -OCH3 is 1. The standard InChI is InChI=1S/C31H26N4O6/c1-20-6-5-7-23(18-20)33-28(36)26-8-3-4-9-27(26)34-29(37)30(38)35-32-19-21-10-14-25(15-11-21)41-31(39)22-12-16-24(40-2)17-13-22/h3-19H,1-2H3,(H,33,36)(H,34,37)(H,35,38)/b32-19-. The van der Waals surface area contributed by atoms with Crippen molar-refractivity contribution in [1.29, 1.82) is 0 Å². The molecule has 10 heteroatoms. The smallest absolute Gasteiger partial charge is 0.343 e. The van der Waals surface area contributed by atoms with Gasteiger partial charge >= 0.3 is 17.8 Å². The molecule has 0 atom stereocenters. The largest absolute Gasteiger partial charge is 0.497 e. The summed E-state index contributed by atoms with van der Waals surface area (Å²) in [7, 11) is 1.54. The van der Waals surface area contributed by atoms with Gasteiger partial charge in [-0.1, -0.05) is 24.3 Å². The van der Waals surface area contributed by atoms with E-state index in [4.69, 9.17) is 9.47 Å². The fraction of sp³-hybridized carbons (Fsp3) is 0.0645.